The summed E-state index contributed by atoms with van der Waals surface area (Å²) in [6.45, 7) is 3.08. The molecular formula is C13H18N6O. The number of pyridine rings is 1. The molecule has 2 N–H and O–H groups in total. The predicted octanol–water partition coefficient (Wildman–Crippen LogP) is 0.926. The lowest BCUT2D eigenvalue weighted by Gasteiger charge is -2.17. The molecule has 2 aromatic rings. The highest BCUT2D eigenvalue weighted by Crippen LogP contribution is 2.12. The molecule has 0 amide bonds. The monoisotopic (exact) mass is 274 g/mol. The molecule has 0 radical (unpaired) electrons. The van der Waals surface area contributed by atoms with Gasteiger partial charge in [0, 0.05) is 31.9 Å². The fourth-order valence-electron chi connectivity index (χ4n) is 1.65. The Bertz CT molecular complexity index is 548. The van der Waals surface area contributed by atoms with Gasteiger partial charge in [0.2, 0.25) is 11.9 Å². The first-order valence-corrected chi connectivity index (χ1v) is 6.44. The summed E-state index contributed by atoms with van der Waals surface area (Å²) < 4.78 is 5.26. The normalized spacial score (nSPS) is 10.3. The second-order valence-corrected chi connectivity index (χ2v) is 4.20. The summed E-state index contributed by atoms with van der Waals surface area (Å²) in [5.41, 5.74) is 6.67. The second kappa shape index (κ2) is 6.65. The molecule has 0 spiro atoms. The number of nitrogens with zero attached hydrogens (tertiary/aromatic N) is 5. The number of nitrogen functional groups attached to an aromatic ring is 1. The highest BCUT2D eigenvalue weighted by atomic mass is 16.5. The van der Waals surface area contributed by atoms with Crippen molar-refractivity contribution in [1.29, 1.82) is 0 Å². The van der Waals surface area contributed by atoms with Crippen LogP contribution in [0.2, 0.25) is 0 Å². The molecule has 0 saturated carbocycles. The van der Waals surface area contributed by atoms with Crippen molar-refractivity contribution in [3.05, 3.63) is 30.1 Å². The van der Waals surface area contributed by atoms with Crippen LogP contribution < -0.4 is 15.4 Å². The number of anilines is 2. The minimum Gasteiger partial charge on any atom is -0.464 e. The first kappa shape index (κ1) is 14.0. The van der Waals surface area contributed by atoms with Gasteiger partial charge in [-0.25, -0.2) is 0 Å². The molecule has 0 aliphatic rings. The van der Waals surface area contributed by atoms with Crippen molar-refractivity contribution in [2.24, 2.45) is 0 Å². The van der Waals surface area contributed by atoms with Crippen molar-refractivity contribution >= 4 is 11.9 Å². The second-order valence-electron chi connectivity index (χ2n) is 4.20. The zero-order chi connectivity index (χ0) is 14.4. The van der Waals surface area contributed by atoms with Crippen LogP contribution in [-0.2, 0) is 6.42 Å². The van der Waals surface area contributed by atoms with Crippen molar-refractivity contribution in [2.75, 3.05) is 30.8 Å². The smallest absolute Gasteiger partial charge is 0.323 e. The Morgan fingerprint density at radius 2 is 2.10 bits per heavy atom. The van der Waals surface area contributed by atoms with Gasteiger partial charge in [0.15, 0.2) is 0 Å². The van der Waals surface area contributed by atoms with E-state index in [0.717, 1.165) is 18.7 Å². The first-order chi connectivity index (χ1) is 9.69. The maximum absolute atomic E-state index is 5.65. The third kappa shape index (κ3) is 3.78. The molecule has 0 aliphatic heterocycles. The lowest BCUT2D eigenvalue weighted by atomic mass is 10.2. The summed E-state index contributed by atoms with van der Waals surface area (Å²) in [6.07, 6.45) is 2.58. The van der Waals surface area contributed by atoms with Crippen LogP contribution in [0, 0.1) is 0 Å². The van der Waals surface area contributed by atoms with Gasteiger partial charge in [0.1, 0.15) is 0 Å². The quantitative estimate of drug-likeness (QED) is 0.837. The largest absolute Gasteiger partial charge is 0.464 e. The molecule has 0 bridgehead atoms. The number of likely N-dealkylation sites (N-methyl/N-ethyl adjacent to an activating group) is 1. The molecule has 2 rings (SSSR count). The van der Waals surface area contributed by atoms with Crippen molar-refractivity contribution in [3.63, 3.8) is 0 Å². The minimum atomic E-state index is 0.156. The van der Waals surface area contributed by atoms with Gasteiger partial charge in [0.25, 0.3) is 0 Å². The molecule has 0 aliphatic carbocycles. The Balaban J connectivity index is 2.03. The molecule has 2 aromatic heterocycles. The fraction of sp³-hybridized carbons (Fsp3) is 0.385. The topological polar surface area (TPSA) is 90.0 Å². The Labute approximate surface area is 117 Å². The Morgan fingerprint density at radius 3 is 2.80 bits per heavy atom. The van der Waals surface area contributed by atoms with Crippen LogP contribution in [0.15, 0.2) is 24.4 Å². The van der Waals surface area contributed by atoms with Crippen LogP contribution in [0.3, 0.4) is 0 Å². The highest BCUT2D eigenvalue weighted by Gasteiger charge is 2.09. The number of rotatable bonds is 6. The van der Waals surface area contributed by atoms with Crippen molar-refractivity contribution in [3.8, 4) is 6.01 Å². The third-order valence-corrected chi connectivity index (χ3v) is 2.66. The van der Waals surface area contributed by atoms with Gasteiger partial charge in [-0.3, -0.25) is 4.98 Å². The number of hydrogen-bond donors (Lipinski definition) is 1. The minimum absolute atomic E-state index is 0.156. The first-order valence-electron chi connectivity index (χ1n) is 6.44. The molecule has 2 heterocycles. The molecule has 7 nitrogen and oxygen atoms in total. The molecule has 0 aromatic carbocycles. The van der Waals surface area contributed by atoms with E-state index >= 15 is 0 Å². The van der Waals surface area contributed by atoms with Gasteiger partial charge in [-0.2, -0.15) is 15.0 Å². The average molecular weight is 274 g/mol. The zero-order valence-electron chi connectivity index (χ0n) is 11.7. The molecule has 0 fully saturated rings. The number of ether oxygens (including phenoxy) is 1. The van der Waals surface area contributed by atoms with Gasteiger partial charge in [-0.1, -0.05) is 6.07 Å². The summed E-state index contributed by atoms with van der Waals surface area (Å²) in [7, 11) is 1.90. The van der Waals surface area contributed by atoms with E-state index in [0.29, 0.717) is 12.6 Å². The van der Waals surface area contributed by atoms with Crippen molar-refractivity contribution in [2.45, 2.75) is 13.3 Å². The molecule has 106 valence electrons. The molecule has 0 unspecified atom stereocenters. The molecule has 0 atom stereocenters. The maximum atomic E-state index is 5.65. The van der Waals surface area contributed by atoms with Gasteiger partial charge in [0.05, 0.1) is 6.61 Å². The summed E-state index contributed by atoms with van der Waals surface area (Å²) in [5, 5.41) is 0. The highest BCUT2D eigenvalue weighted by molar-refractivity contribution is 5.35. The zero-order valence-corrected chi connectivity index (χ0v) is 11.7. The van der Waals surface area contributed by atoms with Crippen LogP contribution in [-0.4, -0.2) is 40.1 Å². The third-order valence-electron chi connectivity index (χ3n) is 2.66. The van der Waals surface area contributed by atoms with E-state index in [1.54, 1.807) is 6.20 Å². The van der Waals surface area contributed by atoms with Crippen LogP contribution in [0.5, 0.6) is 6.01 Å². The van der Waals surface area contributed by atoms with Crippen molar-refractivity contribution < 1.29 is 4.74 Å². The summed E-state index contributed by atoms with van der Waals surface area (Å²) >= 11 is 0. The lowest BCUT2D eigenvalue weighted by Crippen LogP contribution is -2.24. The fourth-order valence-corrected chi connectivity index (χ4v) is 1.65. The molecular weight excluding hydrogens is 256 g/mol. The lowest BCUT2D eigenvalue weighted by molar-refractivity contribution is 0.312. The van der Waals surface area contributed by atoms with E-state index < -0.39 is 0 Å². The van der Waals surface area contributed by atoms with E-state index in [4.69, 9.17) is 10.5 Å². The summed E-state index contributed by atoms with van der Waals surface area (Å²) in [4.78, 5) is 18.4. The number of nitrogens with two attached hydrogens (primary N) is 1. The Kier molecular flexibility index (Phi) is 4.65. The molecule has 20 heavy (non-hydrogen) atoms. The summed E-state index contributed by atoms with van der Waals surface area (Å²) in [5.74, 6) is 0.653. The van der Waals surface area contributed by atoms with E-state index in [1.807, 2.05) is 37.1 Å². The molecule has 0 saturated heterocycles. The predicted molar refractivity (Wildman–Crippen MR) is 76.6 cm³/mol. The number of hydrogen-bond acceptors (Lipinski definition) is 7. The van der Waals surface area contributed by atoms with Crippen LogP contribution in [0.1, 0.15) is 12.6 Å². The molecule has 7 heteroatoms. The standard InChI is InChI=1S/C13H18N6O/c1-3-20-13-17-11(14)16-12(18-13)19(2)9-7-10-6-4-5-8-15-10/h4-6,8H,3,7,9H2,1-2H3,(H2,14,16,17,18). The SMILES string of the molecule is CCOc1nc(N)nc(N(C)CCc2ccccn2)n1. The Hall–Kier alpha value is -2.44. The van der Waals surface area contributed by atoms with Crippen molar-refractivity contribution in [1.82, 2.24) is 19.9 Å². The van der Waals surface area contributed by atoms with Gasteiger partial charge in [-0.05, 0) is 19.1 Å². The summed E-state index contributed by atoms with van der Waals surface area (Å²) in [6, 6.07) is 6.10. The van der Waals surface area contributed by atoms with Crippen LogP contribution in [0.25, 0.3) is 0 Å². The van der Waals surface area contributed by atoms with Crippen LogP contribution in [0.4, 0.5) is 11.9 Å². The van der Waals surface area contributed by atoms with E-state index in [-0.39, 0.29) is 12.0 Å². The van der Waals surface area contributed by atoms with Gasteiger partial charge >= 0.3 is 6.01 Å². The Morgan fingerprint density at radius 1 is 1.25 bits per heavy atom. The van der Waals surface area contributed by atoms with Gasteiger partial charge < -0.3 is 15.4 Å². The maximum Gasteiger partial charge on any atom is 0.323 e. The number of aromatic nitrogens is 4. The van der Waals surface area contributed by atoms with E-state index in [2.05, 4.69) is 19.9 Å². The van der Waals surface area contributed by atoms with Crippen LogP contribution >= 0.6 is 0 Å². The van der Waals surface area contributed by atoms with Gasteiger partial charge in [-0.15, -0.1) is 0 Å². The van der Waals surface area contributed by atoms with E-state index in [9.17, 15) is 0 Å². The van der Waals surface area contributed by atoms with E-state index in [1.165, 1.54) is 0 Å². The average Bonchev–Trinajstić information content (AvgIpc) is 2.45.